The van der Waals surface area contributed by atoms with Gasteiger partial charge in [0.15, 0.2) is 0 Å². The molecule has 0 saturated heterocycles. The predicted molar refractivity (Wildman–Crippen MR) is 44.9 cm³/mol. The van der Waals surface area contributed by atoms with Gasteiger partial charge in [-0.15, -0.1) is 0 Å². The summed E-state index contributed by atoms with van der Waals surface area (Å²) in [5.74, 6) is 0. The van der Waals surface area contributed by atoms with Crippen molar-refractivity contribution in [3.8, 4) is 0 Å². The first kappa shape index (κ1) is 9.51. The van der Waals surface area contributed by atoms with E-state index in [1.807, 2.05) is 0 Å². The van der Waals surface area contributed by atoms with E-state index in [4.69, 9.17) is 16.7 Å². The number of aliphatic hydroxyl groups is 2. The molecule has 0 amide bonds. The highest BCUT2D eigenvalue weighted by Crippen LogP contribution is 2.23. The number of aliphatic hydroxyl groups excluding tert-OH is 2. The zero-order chi connectivity index (χ0) is 9.30. The second-order valence-corrected chi connectivity index (χ2v) is 3.09. The van der Waals surface area contributed by atoms with Gasteiger partial charge in [-0.1, -0.05) is 11.6 Å². The number of aromatic nitrogens is 2. The topological polar surface area (TPSA) is 58.3 Å². The van der Waals surface area contributed by atoms with Crippen molar-refractivity contribution >= 4 is 11.6 Å². The zero-order valence-electron chi connectivity index (χ0n) is 6.90. The van der Waals surface area contributed by atoms with Crippen molar-refractivity contribution in [1.29, 1.82) is 0 Å². The number of hydrogen-bond acceptors (Lipinski definition) is 3. The van der Waals surface area contributed by atoms with Gasteiger partial charge < -0.3 is 10.2 Å². The molecule has 2 N–H and O–H groups in total. The van der Waals surface area contributed by atoms with E-state index in [-0.39, 0.29) is 0 Å². The third-order valence-electron chi connectivity index (χ3n) is 1.67. The van der Waals surface area contributed by atoms with Crippen molar-refractivity contribution < 1.29 is 10.2 Å². The minimum absolute atomic E-state index is 0.367. The predicted octanol–water partition coefficient (Wildman–Crippen LogP) is 0.488. The van der Waals surface area contributed by atoms with E-state index in [1.54, 1.807) is 7.05 Å². The van der Waals surface area contributed by atoms with Gasteiger partial charge in [-0.25, -0.2) is 0 Å². The van der Waals surface area contributed by atoms with Gasteiger partial charge in [-0.3, -0.25) is 4.68 Å². The number of hydrogen-bond donors (Lipinski definition) is 2. The molecule has 0 radical (unpaired) electrons. The van der Waals surface area contributed by atoms with Crippen molar-refractivity contribution in [2.75, 3.05) is 0 Å². The van der Waals surface area contributed by atoms with Crippen molar-refractivity contribution in [1.82, 2.24) is 9.78 Å². The van der Waals surface area contributed by atoms with E-state index in [9.17, 15) is 5.11 Å². The van der Waals surface area contributed by atoms with Crippen LogP contribution in [0.3, 0.4) is 0 Å². The van der Waals surface area contributed by atoms with Gasteiger partial charge in [0.05, 0.1) is 23.0 Å². The molecular formula is C7H11ClN2O2. The first-order valence-corrected chi connectivity index (χ1v) is 3.95. The molecule has 68 valence electrons. The Morgan fingerprint density at radius 3 is 2.50 bits per heavy atom. The van der Waals surface area contributed by atoms with Crippen LogP contribution in [-0.2, 0) is 7.05 Å². The summed E-state index contributed by atoms with van der Waals surface area (Å²) in [6, 6.07) is 0. The average molecular weight is 191 g/mol. The molecule has 5 heteroatoms. The van der Waals surface area contributed by atoms with E-state index >= 15 is 0 Å². The van der Waals surface area contributed by atoms with Crippen molar-refractivity contribution in [3.63, 3.8) is 0 Å². The van der Waals surface area contributed by atoms with E-state index in [2.05, 4.69) is 5.10 Å². The fraction of sp³-hybridized carbons (Fsp3) is 0.571. The number of aryl methyl sites for hydroxylation is 1. The quantitative estimate of drug-likeness (QED) is 0.714. The molecule has 0 aliphatic heterocycles. The van der Waals surface area contributed by atoms with Crippen LogP contribution in [0.25, 0.3) is 0 Å². The first-order chi connectivity index (χ1) is 5.54. The lowest BCUT2D eigenvalue weighted by atomic mass is 10.1. The van der Waals surface area contributed by atoms with Crippen LogP contribution in [0.15, 0.2) is 6.20 Å². The first-order valence-electron chi connectivity index (χ1n) is 3.57. The van der Waals surface area contributed by atoms with Crippen LogP contribution >= 0.6 is 11.6 Å². The van der Waals surface area contributed by atoms with Crippen LogP contribution in [0, 0.1) is 0 Å². The summed E-state index contributed by atoms with van der Waals surface area (Å²) in [7, 11) is 1.66. The molecule has 0 aliphatic rings. The van der Waals surface area contributed by atoms with Crippen LogP contribution in [0.5, 0.6) is 0 Å². The highest BCUT2D eigenvalue weighted by atomic mass is 35.5. The van der Waals surface area contributed by atoms with Gasteiger partial charge in [0, 0.05) is 7.05 Å². The Bertz CT molecular complexity index is 253. The van der Waals surface area contributed by atoms with E-state index in [0.29, 0.717) is 10.7 Å². The summed E-state index contributed by atoms with van der Waals surface area (Å²) in [4.78, 5) is 0. The van der Waals surface area contributed by atoms with Crippen molar-refractivity contribution in [2.24, 2.45) is 7.05 Å². The maximum atomic E-state index is 9.45. The SMILES string of the molecule is CC(O)C(O)c1c(Cl)cnn1C. The minimum atomic E-state index is -0.981. The van der Waals surface area contributed by atoms with E-state index in [0.717, 1.165) is 0 Å². The lowest BCUT2D eigenvalue weighted by molar-refractivity contribution is 0.0255. The Labute approximate surface area is 75.4 Å². The van der Waals surface area contributed by atoms with Gasteiger partial charge in [0.2, 0.25) is 0 Å². The summed E-state index contributed by atoms with van der Waals surface area (Å²) < 4.78 is 1.44. The zero-order valence-corrected chi connectivity index (χ0v) is 7.65. The van der Waals surface area contributed by atoms with E-state index < -0.39 is 12.2 Å². The fourth-order valence-corrected chi connectivity index (χ4v) is 1.26. The lowest BCUT2D eigenvalue weighted by Gasteiger charge is -2.13. The van der Waals surface area contributed by atoms with Crippen LogP contribution in [0.1, 0.15) is 18.7 Å². The van der Waals surface area contributed by atoms with E-state index in [1.165, 1.54) is 17.8 Å². The Morgan fingerprint density at radius 1 is 1.58 bits per heavy atom. The van der Waals surface area contributed by atoms with Crippen LogP contribution in [-0.4, -0.2) is 26.1 Å². The average Bonchev–Trinajstić information content (AvgIpc) is 2.30. The molecule has 4 nitrogen and oxygen atoms in total. The standard InChI is InChI=1S/C7H11ClN2O2/c1-4(11)7(12)6-5(8)3-9-10(6)2/h3-4,7,11-12H,1-2H3. The van der Waals surface area contributed by atoms with Gasteiger partial charge in [0.1, 0.15) is 6.10 Å². The smallest absolute Gasteiger partial charge is 0.123 e. The minimum Gasteiger partial charge on any atom is -0.390 e. The Kier molecular flexibility index (Phi) is 2.72. The van der Waals surface area contributed by atoms with Crippen LogP contribution in [0.2, 0.25) is 5.02 Å². The maximum absolute atomic E-state index is 9.45. The normalized spacial score (nSPS) is 16.1. The third-order valence-corrected chi connectivity index (χ3v) is 1.97. The van der Waals surface area contributed by atoms with Crippen LogP contribution in [0.4, 0.5) is 0 Å². The van der Waals surface area contributed by atoms with Crippen LogP contribution < -0.4 is 0 Å². The Hall–Kier alpha value is -0.580. The highest BCUT2D eigenvalue weighted by molar-refractivity contribution is 6.31. The molecule has 0 spiro atoms. The van der Waals surface area contributed by atoms with Crippen molar-refractivity contribution in [2.45, 2.75) is 19.1 Å². The van der Waals surface area contributed by atoms with Gasteiger partial charge >= 0.3 is 0 Å². The third kappa shape index (κ3) is 1.60. The summed E-state index contributed by atoms with van der Waals surface area (Å²) in [6.07, 6.45) is -0.398. The molecule has 0 aromatic carbocycles. The molecule has 2 atom stereocenters. The molecule has 1 heterocycles. The number of nitrogens with zero attached hydrogens (tertiary/aromatic N) is 2. The second-order valence-electron chi connectivity index (χ2n) is 2.69. The lowest BCUT2D eigenvalue weighted by Crippen LogP contribution is -2.17. The summed E-state index contributed by atoms with van der Waals surface area (Å²) >= 11 is 5.73. The van der Waals surface area contributed by atoms with Gasteiger partial charge in [-0.2, -0.15) is 5.10 Å². The Balaban J connectivity index is 3.00. The summed E-state index contributed by atoms with van der Waals surface area (Å²) in [5, 5.41) is 22.7. The summed E-state index contributed by atoms with van der Waals surface area (Å²) in [5.41, 5.74) is 0.437. The molecule has 12 heavy (non-hydrogen) atoms. The number of rotatable bonds is 2. The molecule has 0 saturated carbocycles. The second kappa shape index (κ2) is 3.43. The number of halogens is 1. The maximum Gasteiger partial charge on any atom is 0.123 e. The Morgan fingerprint density at radius 2 is 2.17 bits per heavy atom. The highest BCUT2D eigenvalue weighted by Gasteiger charge is 2.20. The monoisotopic (exact) mass is 190 g/mol. The van der Waals surface area contributed by atoms with Crippen molar-refractivity contribution in [3.05, 3.63) is 16.9 Å². The molecule has 1 rings (SSSR count). The largest absolute Gasteiger partial charge is 0.390 e. The molecule has 1 aromatic heterocycles. The summed E-state index contributed by atoms with van der Waals surface area (Å²) in [6.45, 7) is 1.49. The van der Waals surface area contributed by atoms with Gasteiger partial charge in [0.25, 0.3) is 0 Å². The molecule has 1 aromatic rings. The fourth-order valence-electron chi connectivity index (χ4n) is 0.981. The molecule has 0 fully saturated rings. The molecule has 2 unspecified atom stereocenters. The van der Waals surface area contributed by atoms with Gasteiger partial charge in [-0.05, 0) is 6.92 Å². The molecule has 0 aliphatic carbocycles. The molecule has 0 bridgehead atoms. The molecular weight excluding hydrogens is 180 g/mol.